The van der Waals surface area contributed by atoms with Crippen LogP contribution in [0.15, 0.2) is 34.9 Å². The molecule has 94 valence electrons. The molecule has 0 aliphatic heterocycles. The molecule has 0 saturated heterocycles. The highest BCUT2D eigenvalue weighted by molar-refractivity contribution is 6.30. The van der Waals surface area contributed by atoms with Gasteiger partial charge in [0.05, 0.1) is 6.20 Å². The molecule has 0 radical (unpaired) electrons. The number of aromatic nitrogens is 1. The van der Waals surface area contributed by atoms with Crippen molar-refractivity contribution in [3.8, 4) is 0 Å². The van der Waals surface area contributed by atoms with Crippen molar-refractivity contribution in [2.24, 2.45) is 0 Å². The van der Waals surface area contributed by atoms with Gasteiger partial charge in [0, 0.05) is 23.6 Å². The van der Waals surface area contributed by atoms with Gasteiger partial charge in [-0.3, -0.25) is 4.79 Å². The zero-order valence-corrected chi connectivity index (χ0v) is 10.7. The summed E-state index contributed by atoms with van der Waals surface area (Å²) in [5, 5.41) is 3.41. The molecule has 4 nitrogen and oxygen atoms in total. The molecule has 1 N–H and O–H groups in total. The molecule has 1 heterocycles. The zero-order valence-electron chi connectivity index (χ0n) is 9.94. The molecule has 1 aromatic heterocycles. The summed E-state index contributed by atoms with van der Waals surface area (Å²) in [6.07, 6.45) is 2.24. The van der Waals surface area contributed by atoms with Crippen molar-refractivity contribution in [1.29, 1.82) is 0 Å². The lowest BCUT2D eigenvalue weighted by molar-refractivity contribution is 0.0953. The number of rotatable bonds is 4. The number of amides is 1. The van der Waals surface area contributed by atoms with Crippen LogP contribution >= 0.6 is 11.6 Å². The Morgan fingerprint density at radius 3 is 2.72 bits per heavy atom. The lowest BCUT2D eigenvalue weighted by Crippen LogP contribution is -2.25. The van der Waals surface area contributed by atoms with E-state index in [4.69, 9.17) is 16.0 Å². The quantitative estimate of drug-likeness (QED) is 0.924. The lowest BCUT2D eigenvalue weighted by Gasteiger charge is -2.03. The number of hydrogen-bond acceptors (Lipinski definition) is 3. The van der Waals surface area contributed by atoms with Crippen molar-refractivity contribution >= 4 is 17.5 Å². The topological polar surface area (TPSA) is 55.1 Å². The van der Waals surface area contributed by atoms with E-state index in [0.717, 1.165) is 5.76 Å². The van der Waals surface area contributed by atoms with Crippen LogP contribution in [0.25, 0.3) is 0 Å². The number of nitrogens with one attached hydrogen (secondary N) is 1. The first-order valence-electron chi connectivity index (χ1n) is 5.60. The summed E-state index contributed by atoms with van der Waals surface area (Å²) in [7, 11) is 0. The molecule has 1 aromatic carbocycles. The average molecular weight is 265 g/mol. The lowest BCUT2D eigenvalue weighted by atomic mass is 10.2. The van der Waals surface area contributed by atoms with E-state index in [1.807, 2.05) is 6.92 Å². The maximum atomic E-state index is 11.7. The normalized spacial score (nSPS) is 10.3. The Labute approximate surface area is 110 Å². The first-order valence-corrected chi connectivity index (χ1v) is 5.98. The fraction of sp³-hybridized carbons (Fsp3) is 0.231. The van der Waals surface area contributed by atoms with Gasteiger partial charge in [-0.1, -0.05) is 11.6 Å². The van der Waals surface area contributed by atoms with Crippen LogP contribution in [-0.4, -0.2) is 17.4 Å². The monoisotopic (exact) mass is 264 g/mol. The van der Waals surface area contributed by atoms with Crippen LogP contribution < -0.4 is 5.32 Å². The van der Waals surface area contributed by atoms with Gasteiger partial charge < -0.3 is 9.73 Å². The molecule has 1 amide bonds. The summed E-state index contributed by atoms with van der Waals surface area (Å²) >= 11 is 5.75. The number of benzene rings is 1. The summed E-state index contributed by atoms with van der Waals surface area (Å²) in [5.41, 5.74) is 0.586. The summed E-state index contributed by atoms with van der Waals surface area (Å²) in [6.45, 7) is 2.32. The van der Waals surface area contributed by atoms with Crippen LogP contribution in [0.1, 0.15) is 22.0 Å². The smallest absolute Gasteiger partial charge is 0.251 e. The van der Waals surface area contributed by atoms with Crippen LogP contribution in [-0.2, 0) is 6.42 Å². The third-order valence-electron chi connectivity index (χ3n) is 2.40. The maximum absolute atomic E-state index is 11.7. The summed E-state index contributed by atoms with van der Waals surface area (Å²) in [4.78, 5) is 15.8. The summed E-state index contributed by atoms with van der Waals surface area (Å²) in [6, 6.07) is 6.75. The van der Waals surface area contributed by atoms with E-state index in [2.05, 4.69) is 10.3 Å². The van der Waals surface area contributed by atoms with Crippen molar-refractivity contribution in [2.75, 3.05) is 6.54 Å². The van der Waals surface area contributed by atoms with Crippen LogP contribution in [0.5, 0.6) is 0 Å². The standard InChI is InChI=1S/C13H13ClN2O2/c1-9-8-16-12(18-9)6-7-15-13(17)10-2-4-11(14)5-3-10/h2-5,8H,6-7H2,1H3,(H,15,17). The van der Waals surface area contributed by atoms with Gasteiger partial charge in [-0.15, -0.1) is 0 Å². The number of carbonyl (C=O) groups is 1. The second kappa shape index (κ2) is 5.69. The molecular formula is C13H13ClN2O2. The van der Waals surface area contributed by atoms with Gasteiger partial charge in [0.25, 0.3) is 5.91 Å². The van der Waals surface area contributed by atoms with Crippen LogP contribution in [0.4, 0.5) is 0 Å². The first kappa shape index (κ1) is 12.6. The molecule has 0 spiro atoms. The Hall–Kier alpha value is -1.81. The average Bonchev–Trinajstić information content (AvgIpc) is 2.76. The molecule has 0 aliphatic rings. The van der Waals surface area contributed by atoms with Crippen LogP contribution in [0.2, 0.25) is 5.02 Å². The molecule has 0 aliphatic carbocycles. The molecule has 18 heavy (non-hydrogen) atoms. The SMILES string of the molecule is Cc1cnc(CCNC(=O)c2ccc(Cl)cc2)o1. The maximum Gasteiger partial charge on any atom is 0.251 e. The number of oxazole rings is 1. The van der Waals surface area contributed by atoms with Gasteiger partial charge >= 0.3 is 0 Å². The fourth-order valence-electron chi connectivity index (χ4n) is 1.50. The van der Waals surface area contributed by atoms with E-state index in [-0.39, 0.29) is 5.91 Å². The molecule has 2 aromatic rings. The van der Waals surface area contributed by atoms with E-state index < -0.39 is 0 Å². The van der Waals surface area contributed by atoms with Crippen LogP contribution in [0.3, 0.4) is 0 Å². The fourth-order valence-corrected chi connectivity index (χ4v) is 1.63. The largest absolute Gasteiger partial charge is 0.446 e. The molecule has 0 bridgehead atoms. The van der Waals surface area contributed by atoms with Gasteiger partial charge in [0.1, 0.15) is 5.76 Å². The molecule has 5 heteroatoms. The van der Waals surface area contributed by atoms with Crippen LogP contribution in [0, 0.1) is 6.92 Å². The molecular weight excluding hydrogens is 252 g/mol. The van der Waals surface area contributed by atoms with Gasteiger partial charge in [0.2, 0.25) is 0 Å². The van der Waals surface area contributed by atoms with Gasteiger partial charge in [-0.2, -0.15) is 0 Å². The number of carbonyl (C=O) groups excluding carboxylic acids is 1. The number of hydrogen-bond donors (Lipinski definition) is 1. The molecule has 0 unspecified atom stereocenters. The minimum atomic E-state index is -0.130. The highest BCUT2D eigenvalue weighted by atomic mass is 35.5. The highest BCUT2D eigenvalue weighted by Crippen LogP contribution is 2.09. The molecule has 2 rings (SSSR count). The van der Waals surface area contributed by atoms with Crippen molar-refractivity contribution in [3.63, 3.8) is 0 Å². The second-order valence-corrected chi connectivity index (χ2v) is 4.31. The van der Waals surface area contributed by atoms with Gasteiger partial charge in [0.15, 0.2) is 5.89 Å². The van der Waals surface area contributed by atoms with E-state index in [1.54, 1.807) is 30.5 Å². The Kier molecular flexibility index (Phi) is 3.99. The Balaban J connectivity index is 1.83. The minimum Gasteiger partial charge on any atom is -0.446 e. The molecule has 0 saturated carbocycles. The van der Waals surface area contributed by atoms with Gasteiger partial charge in [-0.05, 0) is 31.2 Å². The van der Waals surface area contributed by atoms with Crippen molar-refractivity contribution in [2.45, 2.75) is 13.3 Å². The second-order valence-electron chi connectivity index (χ2n) is 3.88. The predicted octanol–water partition coefficient (Wildman–Crippen LogP) is 2.61. The summed E-state index contributed by atoms with van der Waals surface area (Å²) in [5.74, 6) is 1.27. The summed E-state index contributed by atoms with van der Waals surface area (Å²) < 4.78 is 5.31. The number of halogens is 1. The van der Waals surface area contributed by atoms with Crippen molar-refractivity contribution in [3.05, 3.63) is 52.7 Å². The Morgan fingerprint density at radius 1 is 1.39 bits per heavy atom. The predicted molar refractivity (Wildman–Crippen MR) is 68.7 cm³/mol. The third kappa shape index (κ3) is 3.34. The first-order chi connectivity index (χ1) is 8.65. The Morgan fingerprint density at radius 2 is 2.11 bits per heavy atom. The van der Waals surface area contributed by atoms with Crippen molar-refractivity contribution < 1.29 is 9.21 Å². The van der Waals surface area contributed by atoms with E-state index in [1.165, 1.54) is 0 Å². The van der Waals surface area contributed by atoms with E-state index in [9.17, 15) is 4.79 Å². The Bertz CT molecular complexity index is 534. The molecule has 0 fully saturated rings. The zero-order chi connectivity index (χ0) is 13.0. The molecule has 0 atom stereocenters. The highest BCUT2D eigenvalue weighted by Gasteiger charge is 2.05. The number of nitrogens with zero attached hydrogens (tertiary/aromatic N) is 1. The van der Waals surface area contributed by atoms with Crippen molar-refractivity contribution in [1.82, 2.24) is 10.3 Å². The van der Waals surface area contributed by atoms with E-state index in [0.29, 0.717) is 29.4 Å². The number of aryl methyl sites for hydroxylation is 1. The van der Waals surface area contributed by atoms with E-state index >= 15 is 0 Å². The van der Waals surface area contributed by atoms with Gasteiger partial charge in [-0.25, -0.2) is 4.98 Å². The third-order valence-corrected chi connectivity index (χ3v) is 2.65. The minimum absolute atomic E-state index is 0.130.